The second-order valence-electron chi connectivity index (χ2n) is 9.12. The lowest BCUT2D eigenvalue weighted by Crippen LogP contribution is -2.08. The number of unbranched alkanes of at least 4 members (excludes halogenated alkanes) is 4. The zero-order chi connectivity index (χ0) is 28.9. The van der Waals surface area contributed by atoms with E-state index in [1.54, 1.807) is 48.5 Å². The van der Waals surface area contributed by atoms with Gasteiger partial charge in [0.1, 0.15) is 17.9 Å². The first-order chi connectivity index (χ1) is 19.3. The van der Waals surface area contributed by atoms with Crippen LogP contribution < -0.4 is 9.47 Å². The number of hydrogen-bond acceptors (Lipinski definition) is 4. The highest BCUT2D eigenvalue weighted by Gasteiger charge is 2.26. The van der Waals surface area contributed by atoms with Crippen molar-refractivity contribution in [2.24, 2.45) is 0 Å². The Bertz CT molecular complexity index is 1300. The van der Waals surface area contributed by atoms with Gasteiger partial charge in [0.25, 0.3) is 0 Å². The zero-order valence-electron chi connectivity index (χ0n) is 22.6. The summed E-state index contributed by atoms with van der Waals surface area (Å²) in [6.07, 6.45) is 5.00. The van der Waals surface area contributed by atoms with Crippen LogP contribution in [0.4, 0.5) is 17.6 Å². The summed E-state index contributed by atoms with van der Waals surface area (Å²) in [6, 6.07) is 13.2. The van der Waals surface area contributed by atoms with Crippen molar-refractivity contribution in [3.05, 3.63) is 94.1 Å². The molecule has 3 rings (SSSR count). The van der Waals surface area contributed by atoms with Crippen molar-refractivity contribution >= 4 is 5.97 Å². The van der Waals surface area contributed by atoms with Gasteiger partial charge in [0.05, 0.1) is 18.8 Å². The molecule has 3 aromatic rings. The smallest absolute Gasteiger partial charge is 0.338 e. The van der Waals surface area contributed by atoms with E-state index in [-0.39, 0.29) is 19.2 Å². The summed E-state index contributed by atoms with van der Waals surface area (Å²) >= 11 is 0. The number of ether oxygens (including phenoxy) is 3. The Morgan fingerprint density at radius 3 is 1.90 bits per heavy atom. The lowest BCUT2D eigenvalue weighted by atomic mass is 10.1. The molecule has 0 atom stereocenters. The summed E-state index contributed by atoms with van der Waals surface area (Å²) < 4.78 is 73.5. The van der Waals surface area contributed by atoms with Crippen molar-refractivity contribution < 1.29 is 36.6 Å². The summed E-state index contributed by atoms with van der Waals surface area (Å²) in [5.74, 6) is -2.59. The zero-order valence-corrected chi connectivity index (χ0v) is 22.6. The van der Waals surface area contributed by atoms with Gasteiger partial charge in [-0.05, 0) is 54.8 Å². The molecule has 0 amide bonds. The third-order valence-electron chi connectivity index (χ3n) is 5.98. The fourth-order valence-corrected chi connectivity index (χ4v) is 3.65. The van der Waals surface area contributed by atoms with Gasteiger partial charge in [0.2, 0.25) is 11.6 Å². The van der Waals surface area contributed by atoms with Crippen LogP contribution in [-0.2, 0) is 11.3 Å². The summed E-state index contributed by atoms with van der Waals surface area (Å²) in [7, 11) is 0. The fourth-order valence-electron chi connectivity index (χ4n) is 3.65. The Hall–Kier alpha value is -3.99. The van der Waals surface area contributed by atoms with Crippen LogP contribution in [0.2, 0.25) is 0 Å². The molecule has 0 aliphatic heterocycles. The number of rotatable bonds is 13. The lowest BCUT2D eigenvalue weighted by Gasteiger charge is -2.10. The summed E-state index contributed by atoms with van der Waals surface area (Å²) in [5.41, 5.74) is 0.596. The van der Waals surface area contributed by atoms with Crippen LogP contribution in [0, 0.1) is 35.1 Å². The van der Waals surface area contributed by atoms with Crippen LogP contribution in [0.1, 0.15) is 79.4 Å². The second kappa shape index (κ2) is 15.6. The number of carbonyl (C=O) groups is 1. The minimum Gasteiger partial charge on any atom is -0.489 e. The van der Waals surface area contributed by atoms with Gasteiger partial charge in [-0.1, -0.05) is 63.5 Å². The highest BCUT2D eigenvalue weighted by atomic mass is 19.2. The van der Waals surface area contributed by atoms with E-state index in [0.29, 0.717) is 29.9 Å². The topological polar surface area (TPSA) is 44.8 Å². The predicted octanol–water partition coefficient (Wildman–Crippen LogP) is 8.14. The van der Waals surface area contributed by atoms with E-state index in [0.717, 1.165) is 37.7 Å². The highest BCUT2D eigenvalue weighted by molar-refractivity contribution is 5.89. The minimum absolute atomic E-state index is 0.0548. The molecule has 40 heavy (non-hydrogen) atoms. The molecular formula is C32H32F4O4. The molecule has 0 unspecified atom stereocenters. The molecule has 0 saturated heterocycles. The molecule has 0 fully saturated rings. The molecule has 0 aromatic heterocycles. The Balaban J connectivity index is 1.59. The van der Waals surface area contributed by atoms with Crippen molar-refractivity contribution in [2.45, 2.75) is 59.0 Å². The molecule has 0 radical (unpaired) electrons. The normalized spacial score (nSPS) is 10.6. The molecule has 212 valence electrons. The number of esters is 1. The standard InChI is InChI=1S/C32H32F4O4/c1-3-5-7-19-38-31-29(35)27(33)26(28(34)30(31)36)18-13-22-9-11-23(12-10-22)21-40-25-16-14-24(15-17-25)32(37)39-20-8-6-4-2/h9-12,14-17H,3-8,19-21H2,1-2H3. The van der Waals surface area contributed by atoms with Gasteiger partial charge in [-0.25, -0.2) is 13.6 Å². The fraction of sp³-hybridized carbons (Fsp3) is 0.344. The first kappa shape index (κ1) is 30.6. The number of benzene rings is 3. The molecule has 8 heteroatoms. The summed E-state index contributed by atoms with van der Waals surface area (Å²) in [4.78, 5) is 12.1. The third-order valence-corrected chi connectivity index (χ3v) is 5.98. The summed E-state index contributed by atoms with van der Waals surface area (Å²) in [5, 5.41) is 0. The predicted molar refractivity (Wildman–Crippen MR) is 144 cm³/mol. The number of hydrogen-bond donors (Lipinski definition) is 0. The maximum atomic E-state index is 14.5. The van der Waals surface area contributed by atoms with Gasteiger partial charge in [0, 0.05) is 5.56 Å². The molecule has 0 spiro atoms. The second-order valence-corrected chi connectivity index (χ2v) is 9.12. The van der Waals surface area contributed by atoms with E-state index in [2.05, 4.69) is 18.8 Å². The average molecular weight is 557 g/mol. The largest absolute Gasteiger partial charge is 0.489 e. The molecule has 3 aromatic carbocycles. The Morgan fingerprint density at radius 1 is 0.700 bits per heavy atom. The lowest BCUT2D eigenvalue weighted by molar-refractivity contribution is 0.0498. The molecular weight excluding hydrogens is 524 g/mol. The molecule has 0 heterocycles. The van der Waals surface area contributed by atoms with Crippen LogP contribution in [-0.4, -0.2) is 19.2 Å². The van der Waals surface area contributed by atoms with E-state index in [4.69, 9.17) is 14.2 Å². The van der Waals surface area contributed by atoms with Crippen LogP contribution in [0.15, 0.2) is 48.5 Å². The monoisotopic (exact) mass is 556 g/mol. The average Bonchev–Trinajstić information content (AvgIpc) is 2.97. The van der Waals surface area contributed by atoms with Gasteiger partial charge in [-0.2, -0.15) is 8.78 Å². The van der Waals surface area contributed by atoms with Crippen molar-refractivity contribution in [3.63, 3.8) is 0 Å². The van der Waals surface area contributed by atoms with Crippen LogP contribution in [0.3, 0.4) is 0 Å². The van der Waals surface area contributed by atoms with Gasteiger partial charge in [0.15, 0.2) is 17.4 Å². The van der Waals surface area contributed by atoms with Crippen molar-refractivity contribution in [2.75, 3.05) is 13.2 Å². The van der Waals surface area contributed by atoms with Gasteiger partial charge < -0.3 is 14.2 Å². The van der Waals surface area contributed by atoms with E-state index in [1.165, 1.54) is 0 Å². The molecule has 0 aliphatic carbocycles. The first-order valence-corrected chi connectivity index (χ1v) is 13.3. The molecule has 0 saturated carbocycles. The highest BCUT2D eigenvalue weighted by Crippen LogP contribution is 2.30. The number of carbonyl (C=O) groups excluding carboxylic acids is 1. The third kappa shape index (κ3) is 8.51. The van der Waals surface area contributed by atoms with Gasteiger partial charge in [-0.3, -0.25) is 0 Å². The van der Waals surface area contributed by atoms with E-state index in [1.807, 2.05) is 6.92 Å². The van der Waals surface area contributed by atoms with Crippen molar-refractivity contribution in [1.29, 1.82) is 0 Å². The van der Waals surface area contributed by atoms with Crippen molar-refractivity contribution in [1.82, 2.24) is 0 Å². The first-order valence-electron chi connectivity index (χ1n) is 13.3. The SMILES string of the molecule is CCCCCOC(=O)c1ccc(OCc2ccc(C#Cc3c(F)c(F)c(OCCCCC)c(F)c3F)cc2)cc1. The Kier molecular flexibility index (Phi) is 11.9. The maximum absolute atomic E-state index is 14.5. The maximum Gasteiger partial charge on any atom is 0.338 e. The van der Waals surface area contributed by atoms with E-state index in [9.17, 15) is 22.4 Å². The van der Waals surface area contributed by atoms with Gasteiger partial charge in [-0.15, -0.1) is 0 Å². The Morgan fingerprint density at radius 2 is 1.30 bits per heavy atom. The van der Waals surface area contributed by atoms with Crippen LogP contribution >= 0.6 is 0 Å². The Labute approximate surface area is 232 Å². The minimum atomic E-state index is -1.61. The van der Waals surface area contributed by atoms with Crippen LogP contribution in [0.25, 0.3) is 0 Å². The van der Waals surface area contributed by atoms with Gasteiger partial charge >= 0.3 is 5.97 Å². The van der Waals surface area contributed by atoms with Crippen LogP contribution in [0.5, 0.6) is 11.5 Å². The van der Waals surface area contributed by atoms with E-state index < -0.39 is 34.6 Å². The van der Waals surface area contributed by atoms with E-state index >= 15 is 0 Å². The molecule has 0 bridgehead atoms. The molecule has 0 N–H and O–H groups in total. The quantitative estimate of drug-likeness (QED) is 0.0701. The number of halogens is 4. The molecule has 0 aliphatic rings. The van der Waals surface area contributed by atoms with Crippen molar-refractivity contribution in [3.8, 4) is 23.3 Å². The summed E-state index contributed by atoms with van der Waals surface area (Å²) in [6.45, 7) is 4.57. The molecule has 4 nitrogen and oxygen atoms in total.